The van der Waals surface area contributed by atoms with Crippen molar-refractivity contribution in [2.45, 2.75) is 31.6 Å². The van der Waals surface area contributed by atoms with E-state index in [4.69, 9.17) is 5.73 Å². The molecule has 0 amide bonds. The zero-order valence-corrected chi connectivity index (χ0v) is 11.6. The summed E-state index contributed by atoms with van der Waals surface area (Å²) in [6, 6.07) is 6.37. The lowest BCUT2D eigenvalue weighted by Crippen LogP contribution is -2.32. The third-order valence-corrected chi connectivity index (χ3v) is 5.30. The van der Waals surface area contributed by atoms with E-state index in [1.165, 1.54) is 6.07 Å². The second kappa shape index (κ2) is 4.55. The van der Waals surface area contributed by atoms with Gasteiger partial charge in [0.1, 0.15) is 0 Å². The predicted octanol–water partition coefficient (Wildman–Crippen LogP) is 1.98. The van der Waals surface area contributed by atoms with Crippen LogP contribution in [0, 0.1) is 11.3 Å². The molecule has 1 saturated carbocycles. The van der Waals surface area contributed by atoms with Gasteiger partial charge in [0.15, 0.2) is 0 Å². The molecule has 4 nitrogen and oxygen atoms in total. The van der Waals surface area contributed by atoms with E-state index < -0.39 is 10.0 Å². The fourth-order valence-electron chi connectivity index (χ4n) is 2.12. The Kier molecular flexibility index (Phi) is 3.38. The highest BCUT2D eigenvalue weighted by molar-refractivity contribution is 7.89. The smallest absolute Gasteiger partial charge is 0.240 e. The number of sulfonamides is 1. The molecule has 0 aliphatic heterocycles. The first-order valence-electron chi connectivity index (χ1n) is 6.21. The first kappa shape index (κ1) is 13.4. The molecule has 1 aliphatic carbocycles. The van der Waals surface area contributed by atoms with Crippen molar-refractivity contribution in [1.29, 1.82) is 0 Å². The van der Waals surface area contributed by atoms with Crippen LogP contribution < -0.4 is 10.5 Å². The summed E-state index contributed by atoms with van der Waals surface area (Å²) in [6.07, 6.45) is 2.20. The van der Waals surface area contributed by atoms with Crippen molar-refractivity contribution in [2.75, 3.05) is 12.3 Å². The van der Waals surface area contributed by atoms with Crippen LogP contribution in [0.25, 0.3) is 0 Å². The van der Waals surface area contributed by atoms with Gasteiger partial charge in [-0.2, -0.15) is 0 Å². The van der Waals surface area contributed by atoms with Crippen molar-refractivity contribution in [3.8, 4) is 0 Å². The Morgan fingerprint density at radius 1 is 1.39 bits per heavy atom. The second-order valence-electron chi connectivity index (χ2n) is 5.41. The summed E-state index contributed by atoms with van der Waals surface area (Å²) in [6.45, 7) is 4.80. The van der Waals surface area contributed by atoms with E-state index in [1.807, 2.05) is 0 Å². The van der Waals surface area contributed by atoms with Crippen LogP contribution in [0.15, 0.2) is 29.2 Å². The molecule has 0 radical (unpaired) electrons. The molecule has 2 rings (SSSR count). The average molecular weight is 268 g/mol. The van der Waals surface area contributed by atoms with E-state index >= 15 is 0 Å². The van der Waals surface area contributed by atoms with Gasteiger partial charge in [-0.3, -0.25) is 0 Å². The Hall–Kier alpha value is -1.07. The highest BCUT2D eigenvalue weighted by atomic mass is 32.2. The molecule has 0 aromatic heterocycles. The standard InChI is InChI=1S/C13H20N2O2S/c1-10(2)13(6-7-13)9-15-18(16,17)12-5-3-4-11(14)8-12/h3-5,8,10,15H,6-7,9,14H2,1-2H3. The van der Waals surface area contributed by atoms with E-state index in [9.17, 15) is 8.42 Å². The number of benzene rings is 1. The molecule has 3 N–H and O–H groups in total. The minimum Gasteiger partial charge on any atom is -0.399 e. The van der Waals surface area contributed by atoms with Gasteiger partial charge in [-0.25, -0.2) is 13.1 Å². The average Bonchev–Trinajstić information content (AvgIpc) is 3.07. The number of hydrogen-bond donors (Lipinski definition) is 2. The highest BCUT2D eigenvalue weighted by Crippen LogP contribution is 2.51. The van der Waals surface area contributed by atoms with E-state index in [0.717, 1.165) is 12.8 Å². The molecular formula is C13H20N2O2S. The van der Waals surface area contributed by atoms with Crippen molar-refractivity contribution in [3.05, 3.63) is 24.3 Å². The third kappa shape index (κ3) is 2.67. The summed E-state index contributed by atoms with van der Waals surface area (Å²) in [5, 5.41) is 0. The summed E-state index contributed by atoms with van der Waals surface area (Å²) in [7, 11) is -3.44. The molecular weight excluding hydrogens is 248 g/mol. The summed E-state index contributed by atoms with van der Waals surface area (Å²) in [4.78, 5) is 0.238. The molecule has 1 aliphatic rings. The fourth-order valence-corrected chi connectivity index (χ4v) is 3.32. The lowest BCUT2D eigenvalue weighted by Gasteiger charge is -2.20. The van der Waals surface area contributed by atoms with E-state index in [1.54, 1.807) is 18.2 Å². The van der Waals surface area contributed by atoms with Crippen LogP contribution in [0.1, 0.15) is 26.7 Å². The van der Waals surface area contributed by atoms with Crippen molar-refractivity contribution < 1.29 is 8.42 Å². The largest absolute Gasteiger partial charge is 0.399 e. The summed E-state index contributed by atoms with van der Waals surface area (Å²) in [5.74, 6) is 0.501. The maximum Gasteiger partial charge on any atom is 0.240 e. The Labute approximate surface area is 109 Å². The van der Waals surface area contributed by atoms with Crippen LogP contribution in [0.5, 0.6) is 0 Å². The minimum atomic E-state index is -3.44. The van der Waals surface area contributed by atoms with Crippen LogP contribution in [0.4, 0.5) is 5.69 Å². The first-order chi connectivity index (χ1) is 8.36. The zero-order chi connectivity index (χ0) is 13.4. The first-order valence-corrected chi connectivity index (χ1v) is 7.69. The van der Waals surface area contributed by atoms with Crippen molar-refractivity contribution in [2.24, 2.45) is 11.3 Å². The number of anilines is 1. The van der Waals surface area contributed by atoms with Crippen molar-refractivity contribution in [1.82, 2.24) is 4.72 Å². The Balaban J connectivity index is 2.09. The summed E-state index contributed by atoms with van der Waals surface area (Å²) >= 11 is 0. The molecule has 100 valence electrons. The molecule has 18 heavy (non-hydrogen) atoms. The third-order valence-electron chi connectivity index (χ3n) is 3.90. The van der Waals surface area contributed by atoms with Crippen LogP contribution in [0.3, 0.4) is 0 Å². The van der Waals surface area contributed by atoms with Gasteiger partial charge in [-0.15, -0.1) is 0 Å². The fraction of sp³-hybridized carbons (Fsp3) is 0.538. The highest BCUT2D eigenvalue weighted by Gasteiger charge is 2.45. The maximum absolute atomic E-state index is 12.1. The Morgan fingerprint density at radius 2 is 2.06 bits per heavy atom. The lowest BCUT2D eigenvalue weighted by molar-refractivity contribution is 0.357. The van der Waals surface area contributed by atoms with Gasteiger partial charge in [0, 0.05) is 12.2 Å². The SMILES string of the molecule is CC(C)C1(CNS(=O)(=O)c2cccc(N)c2)CC1. The number of nitrogens with two attached hydrogens (primary N) is 1. The summed E-state index contributed by atoms with van der Waals surface area (Å²) < 4.78 is 26.9. The monoisotopic (exact) mass is 268 g/mol. The van der Waals surface area contributed by atoms with Gasteiger partial charge in [0.05, 0.1) is 4.90 Å². The summed E-state index contributed by atoms with van der Waals surface area (Å²) in [5.41, 5.74) is 6.23. The predicted molar refractivity (Wildman–Crippen MR) is 72.5 cm³/mol. The van der Waals surface area contributed by atoms with Crippen LogP contribution in [-0.2, 0) is 10.0 Å². The molecule has 1 aromatic rings. The molecule has 0 unspecified atom stereocenters. The van der Waals surface area contributed by atoms with Gasteiger partial charge in [0.25, 0.3) is 0 Å². The van der Waals surface area contributed by atoms with E-state index in [-0.39, 0.29) is 10.3 Å². The quantitative estimate of drug-likeness (QED) is 0.802. The topological polar surface area (TPSA) is 72.2 Å². The van der Waals surface area contributed by atoms with E-state index in [0.29, 0.717) is 18.2 Å². The molecule has 0 spiro atoms. The van der Waals surface area contributed by atoms with Crippen LogP contribution >= 0.6 is 0 Å². The van der Waals surface area contributed by atoms with Gasteiger partial charge in [-0.05, 0) is 42.4 Å². The molecule has 0 heterocycles. The maximum atomic E-state index is 12.1. The van der Waals surface area contributed by atoms with Gasteiger partial charge in [0.2, 0.25) is 10.0 Å². The number of nitrogen functional groups attached to an aromatic ring is 1. The molecule has 1 aromatic carbocycles. The number of rotatable bonds is 5. The Morgan fingerprint density at radius 3 is 2.56 bits per heavy atom. The zero-order valence-electron chi connectivity index (χ0n) is 10.8. The molecule has 0 bridgehead atoms. The van der Waals surface area contributed by atoms with Gasteiger partial charge < -0.3 is 5.73 Å². The number of hydrogen-bond acceptors (Lipinski definition) is 3. The molecule has 5 heteroatoms. The van der Waals surface area contributed by atoms with Crippen LogP contribution in [-0.4, -0.2) is 15.0 Å². The molecule has 1 fully saturated rings. The van der Waals surface area contributed by atoms with Crippen LogP contribution in [0.2, 0.25) is 0 Å². The van der Waals surface area contributed by atoms with Gasteiger partial charge >= 0.3 is 0 Å². The van der Waals surface area contributed by atoms with E-state index in [2.05, 4.69) is 18.6 Å². The van der Waals surface area contributed by atoms with Gasteiger partial charge in [-0.1, -0.05) is 19.9 Å². The lowest BCUT2D eigenvalue weighted by atomic mass is 9.93. The van der Waals surface area contributed by atoms with Crippen molar-refractivity contribution >= 4 is 15.7 Å². The molecule has 0 saturated heterocycles. The Bertz CT molecular complexity index is 534. The normalized spacial score (nSPS) is 17.9. The van der Waals surface area contributed by atoms with Crippen molar-refractivity contribution in [3.63, 3.8) is 0 Å². The second-order valence-corrected chi connectivity index (χ2v) is 7.18. The molecule has 0 atom stereocenters. The number of nitrogens with one attached hydrogen (secondary N) is 1. The minimum absolute atomic E-state index is 0.160.